The maximum atomic E-state index is 12.4. The van der Waals surface area contributed by atoms with Crippen molar-refractivity contribution in [2.45, 2.75) is 20.3 Å². The number of nitrogens with zero attached hydrogens (tertiary/aromatic N) is 2. The molecule has 6 nitrogen and oxygen atoms in total. The van der Waals surface area contributed by atoms with Gasteiger partial charge in [-0.3, -0.25) is 24.6 Å². The maximum Gasteiger partial charge on any atom is 0.284 e. The van der Waals surface area contributed by atoms with Crippen LogP contribution in [0.3, 0.4) is 0 Å². The molecule has 0 bridgehead atoms. The molecule has 1 aliphatic heterocycles. The van der Waals surface area contributed by atoms with Gasteiger partial charge in [0.1, 0.15) is 0 Å². The van der Waals surface area contributed by atoms with Crippen LogP contribution < -0.4 is 0 Å². The second-order valence-corrected chi connectivity index (χ2v) is 6.30. The molecule has 1 unspecified atom stereocenters. The van der Waals surface area contributed by atoms with Crippen LogP contribution in [-0.4, -0.2) is 28.2 Å². The molecule has 0 N–H and O–H groups in total. The summed E-state index contributed by atoms with van der Waals surface area (Å²) in [5.41, 5.74) is -0.0319. The van der Waals surface area contributed by atoms with Crippen molar-refractivity contribution in [3.63, 3.8) is 0 Å². The van der Waals surface area contributed by atoms with Gasteiger partial charge in [0.25, 0.3) is 11.6 Å². The summed E-state index contributed by atoms with van der Waals surface area (Å²) in [6.07, 6.45) is 0.349. The summed E-state index contributed by atoms with van der Waals surface area (Å²) in [7, 11) is 0. The molecule has 0 aliphatic carbocycles. The van der Waals surface area contributed by atoms with Crippen molar-refractivity contribution >= 4 is 33.4 Å². The summed E-state index contributed by atoms with van der Waals surface area (Å²) < 4.78 is 0.303. The molecular formula is C14H15BrN2O4. The zero-order valence-electron chi connectivity index (χ0n) is 11.7. The van der Waals surface area contributed by atoms with E-state index in [1.165, 1.54) is 23.1 Å². The summed E-state index contributed by atoms with van der Waals surface area (Å²) in [5, 5.41) is 10.9. The fraction of sp³-hybridized carbons (Fsp3) is 0.429. The first kappa shape index (κ1) is 15.6. The lowest BCUT2D eigenvalue weighted by Gasteiger charge is -2.16. The van der Waals surface area contributed by atoms with Crippen LogP contribution in [0, 0.1) is 22.0 Å². The number of hydrogen-bond acceptors (Lipinski definition) is 4. The number of rotatable bonds is 3. The molecule has 0 spiro atoms. The van der Waals surface area contributed by atoms with Crippen molar-refractivity contribution in [1.29, 1.82) is 0 Å². The molecule has 2 amide bonds. The minimum Gasteiger partial charge on any atom is -0.278 e. The molecule has 1 heterocycles. The molecule has 1 aromatic rings. The molecule has 1 saturated heterocycles. The Balaban J connectivity index is 2.27. The lowest BCUT2D eigenvalue weighted by Crippen LogP contribution is -2.32. The first-order chi connectivity index (χ1) is 9.81. The second-order valence-electron chi connectivity index (χ2n) is 5.44. The van der Waals surface area contributed by atoms with Gasteiger partial charge in [-0.1, -0.05) is 13.8 Å². The lowest BCUT2D eigenvalue weighted by atomic mass is 9.95. The minimum absolute atomic E-state index is 0.145. The molecule has 21 heavy (non-hydrogen) atoms. The third-order valence-corrected chi connectivity index (χ3v) is 4.40. The number of nitro groups is 1. The number of carbonyl (C=O) groups is 2. The quantitative estimate of drug-likeness (QED) is 0.474. The molecule has 0 radical (unpaired) electrons. The van der Waals surface area contributed by atoms with Crippen LogP contribution in [0.1, 0.15) is 30.6 Å². The Bertz CT molecular complexity index is 615. The Morgan fingerprint density at radius 1 is 1.48 bits per heavy atom. The zero-order valence-corrected chi connectivity index (χ0v) is 13.3. The van der Waals surface area contributed by atoms with Crippen LogP contribution in [-0.2, 0) is 4.79 Å². The number of carbonyl (C=O) groups excluding carboxylic acids is 2. The predicted molar refractivity (Wildman–Crippen MR) is 79.8 cm³/mol. The molecule has 1 aromatic carbocycles. The third-order valence-electron chi connectivity index (χ3n) is 3.73. The third kappa shape index (κ3) is 3.12. The Morgan fingerprint density at radius 3 is 2.67 bits per heavy atom. The highest BCUT2D eigenvalue weighted by atomic mass is 79.9. The minimum atomic E-state index is -0.566. The van der Waals surface area contributed by atoms with Gasteiger partial charge in [-0.05, 0) is 39.9 Å². The molecule has 2 rings (SSSR count). The van der Waals surface area contributed by atoms with E-state index < -0.39 is 10.8 Å². The van der Waals surface area contributed by atoms with Crippen molar-refractivity contribution < 1.29 is 14.5 Å². The average Bonchev–Trinajstić information content (AvgIpc) is 2.80. The van der Waals surface area contributed by atoms with Crippen molar-refractivity contribution in [1.82, 2.24) is 4.90 Å². The maximum absolute atomic E-state index is 12.4. The van der Waals surface area contributed by atoms with E-state index in [-0.39, 0.29) is 23.1 Å². The molecule has 1 fully saturated rings. The summed E-state index contributed by atoms with van der Waals surface area (Å²) in [5.74, 6) is -0.235. The van der Waals surface area contributed by atoms with Crippen LogP contribution in [0.4, 0.5) is 5.69 Å². The zero-order chi connectivity index (χ0) is 15.7. The fourth-order valence-corrected chi connectivity index (χ4v) is 2.71. The van der Waals surface area contributed by atoms with Crippen molar-refractivity contribution in [3.8, 4) is 0 Å². The number of likely N-dealkylation sites (tertiary alicyclic amines) is 1. The van der Waals surface area contributed by atoms with E-state index in [4.69, 9.17) is 0 Å². The first-order valence-corrected chi connectivity index (χ1v) is 7.39. The van der Waals surface area contributed by atoms with E-state index >= 15 is 0 Å². The summed E-state index contributed by atoms with van der Waals surface area (Å²) in [6, 6.07) is 4.13. The topological polar surface area (TPSA) is 80.5 Å². The summed E-state index contributed by atoms with van der Waals surface area (Å²) in [6.45, 7) is 4.39. The smallest absolute Gasteiger partial charge is 0.278 e. The van der Waals surface area contributed by atoms with Gasteiger partial charge in [-0.15, -0.1) is 0 Å². The van der Waals surface area contributed by atoms with Gasteiger partial charge >= 0.3 is 0 Å². The number of amides is 2. The first-order valence-electron chi connectivity index (χ1n) is 6.60. The van der Waals surface area contributed by atoms with Gasteiger partial charge in [-0.25, -0.2) is 0 Å². The Morgan fingerprint density at radius 2 is 2.14 bits per heavy atom. The molecule has 1 atom stereocenters. The Labute approximate surface area is 130 Å². The number of nitro benzene ring substituents is 1. The van der Waals surface area contributed by atoms with Gasteiger partial charge in [-0.2, -0.15) is 0 Å². The highest BCUT2D eigenvalue weighted by Crippen LogP contribution is 2.29. The number of hydrogen-bond donors (Lipinski definition) is 0. The largest absolute Gasteiger partial charge is 0.284 e. The van der Waals surface area contributed by atoms with Gasteiger partial charge < -0.3 is 0 Å². The van der Waals surface area contributed by atoms with E-state index in [1.54, 1.807) is 0 Å². The second kappa shape index (κ2) is 5.93. The Kier molecular flexibility index (Phi) is 4.41. The molecule has 112 valence electrons. The van der Waals surface area contributed by atoms with Gasteiger partial charge in [0.15, 0.2) is 0 Å². The van der Waals surface area contributed by atoms with Crippen LogP contribution in [0.25, 0.3) is 0 Å². The van der Waals surface area contributed by atoms with Crippen molar-refractivity contribution in [2.75, 3.05) is 6.54 Å². The standard InChI is InChI=1S/C14H15BrN2O4/c1-8(2)10-6-13(18)16(7-10)14(19)9-3-4-11(15)12(5-9)17(20)21/h3-5,8,10H,6-7H2,1-2H3. The van der Waals surface area contributed by atoms with Crippen molar-refractivity contribution in [2.24, 2.45) is 11.8 Å². The SMILES string of the molecule is CC(C)C1CC(=O)N(C(=O)c2ccc(Br)c([N+](=O)[O-])c2)C1. The highest BCUT2D eigenvalue weighted by Gasteiger charge is 2.36. The molecular weight excluding hydrogens is 340 g/mol. The normalized spacial score (nSPS) is 18.4. The monoisotopic (exact) mass is 354 g/mol. The van der Waals surface area contributed by atoms with E-state index in [9.17, 15) is 19.7 Å². The number of halogens is 1. The number of benzene rings is 1. The molecule has 0 aromatic heterocycles. The summed E-state index contributed by atoms with van der Waals surface area (Å²) >= 11 is 3.07. The van der Waals surface area contributed by atoms with E-state index in [0.29, 0.717) is 23.4 Å². The molecule has 0 saturated carbocycles. The Hall–Kier alpha value is -1.76. The van der Waals surface area contributed by atoms with Gasteiger partial charge in [0.05, 0.1) is 9.40 Å². The van der Waals surface area contributed by atoms with Gasteiger partial charge in [0.2, 0.25) is 5.91 Å². The molecule has 7 heteroatoms. The lowest BCUT2D eigenvalue weighted by molar-refractivity contribution is -0.385. The molecule has 1 aliphatic rings. The van der Waals surface area contributed by atoms with Crippen LogP contribution >= 0.6 is 15.9 Å². The highest BCUT2D eigenvalue weighted by molar-refractivity contribution is 9.10. The van der Waals surface area contributed by atoms with E-state index in [1.807, 2.05) is 13.8 Å². The van der Waals surface area contributed by atoms with Crippen LogP contribution in [0.5, 0.6) is 0 Å². The van der Waals surface area contributed by atoms with Crippen molar-refractivity contribution in [3.05, 3.63) is 38.3 Å². The van der Waals surface area contributed by atoms with E-state index in [0.717, 1.165) is 0 Å². The number of imide groups is 1. The average molecular weight is 355 g/mol. The summed E-state index contributed by atoms with van der Waals surface area (Å²) in [4.78, 5) is 35.9. The van der Waals surface area contributed by atoms with E-state index in [2.05, 4.69) is 15.9 Å². The van der Waals surface area contributed by atoms with Crippen LogP contribution in [0.15, 0.2) is 22.7 Å². The fourth-order valence-electron chi connectivity index (χ4n) is 2.32. The van der Waals surface area contributed by atoms with Crippen LogP contribution in [0.2, 0.25) is 0 Å². The van der Waals surface area contributed by atoms with Gasteiger partial charge in [0, 0.05) is 24.6 Å². The predicted octanol–water partition coefficient (Wildman–Crippen LogP) is 3.00.